The van der Waals surface area contributed by atoms with Crippen molar-refractivity contribution >= 4 is 38.3 Å². The van der Waals surface area contributed by atoms with Crippen molar-refractivity contribution in [2.75, 3.05) is 35.5 Å². The zero-order valence-electron chi connectivity index (χ0n) is 14.9. The summed E-state index contributed by atoms with van der Waals surface area (Å²) in [4.78, 5) is 14.1. The van der Waals surface area contributed by atoms with Crippen LogP contribution in [0.1, 0.15) is 25.7 Å². The number of anilines is 1. The fourth-order valence-corrected chi connectivity index (χ4v) is 6.70. The largest absolute Gasteiger partial charge is 0.356 e. The van der Waals surface area contributed by atoms with Crippen molar-refractivity contribution in [3.05, 3.63) is 18.6 Å². The van der Waals surface area contributed by atoms with E-state index in [4.69, 9.17) is 4.78 Å². The number of nitrogens with zero attached hydrogens (tertiary/aromatic N) is 3. The van der Waals surface area contributed by atoms with Gasteiger partial charge in [-0.3, -0.25) is 4.78 Å². The summed E-state index contributed by atoms with van der Waals surface area (Å²) in [7, 11) is -0.311. The second-order valence-corrected chi connectivity index (χ2v) is 10.2. The predicted molar refractivity (Wildman–Crippen MR) is 107 cm³/mol. The van der Waals surface area contributed by atoms with E-state index in [1.807, 2.05) is 18.5 Å². The van der Waals surface area contributed by atoms with Gasteiger partial charge in [0.2, 0.25) is 0 Å². The molecule has 8 heteroatoms. The van der Waals surface area contributed by atoms with E-state index < -0.39 is 9.73 Å². The summed E-state index contributed by atoms with van der Waals surface area (Å²) in [6.45, 7) is 0. The topological polar surface area (TPSA) is 85.7 Å². The van der Waals surface area contributed by atoms with Crippen molar-refractivity contribution < 1.29 is 4.21 Å². The van der Waals surface area contributed by atoms with Crippen LogP contribution in [0.4, 0.5) is 5.82 Å². The molecule has 2 aromatic rings. The summed E-state index contributed by atoms with van der Waals surface area (Å²) in [5.41, 5.74) is 0.869. The Morgan fingerprint density at radius 3 is 2.84 bits per heavy atom. The third kappa shape index (κ3) is 4.47. The van der Waals surface area contributed by atoms with Gasteiger partial charge in [-0.2, -0.15) is 11.8 Å². The van der Waals surface area contributed by atoms with Crippen molar-refractivity contribution in [1.82, 2.24) is 15.0 Å². The number of nitrogens with one attached hydrogen (secondary N) is 2. The van der Waals surface area contributed by atoms with E-state index in [1.54, 1.807) is 18.1 Å². The smallest absolute Gasteiger partial charge is 0.142 e. The van der Waals surface area contributed by atoms with Gasteiger partial charge in [0.15, 0.2) is 0 Å². The number of hydrogen-bond acceptors (Lipinski definition) is 6. The standard InChI is InChI=1S/C17H27N5OS2/c1-22(17-15-7-8-19-16(15)20-12-21-17)14-5-3-13(4-6-14)11-25(18,23)10-9-24-2/h7-8,12-14,18H,3-6,9-11H2,1-2H3,(H,19,20,21)/t13-,14+,25-/m0/s1. The first kappa shape index (κ1) is 18.5. The van der Waals surface area contributed by atoms with Gasteiger partial charge < -0.3 is 9.88 Å². The van der Waals surface area contributed by atoms with E-state index >= 15 is 0 Å². The summed E-state index contributed by atoms with van der Waals surface area (Å²) in [5.74, 6) is 3.31. The lowest BCUT2D eigenvalue weighted by atomic mass is 9.86. The van der Waals surface area contributed by atoms with Gasteiger partial charge >= 0.3 is 0 Å². The Labute approximate surface area is 154 Å². The quantitative estimate of drug-likeness (QED) is 0.768. The zero-order chi connectivity index (χ0) is 17.9. The summed E-state index contributed by atoms with van der Waals surface area (Å²) < 4.78 is 20.5. The third-order valence-electron chi connectivity index (χ3n) is 5.15. The van der Waals surface area contributed by atoms with Crippen LogP contribution in [0.15, 0.2) is 18.6 Å². The molecule has 138 valence electrons. The van der Waals surface area contributed by atoms with Gasteiger partial charge in [0, 0.05) is 46.3 Å². The van der Waals surface area contributed by atoms with Crippen molar-refractivity contribution in [1.29, 1.82) is 4.78 Å². The molecule has 0 saturated heterocycles. The van der Waals surface area contributed by atoms with Crippen LogP contribution < -0.4 is 4.90 Å². The molecule has 2 N–H and O–H groups in total. The molecule has 0 aromatic carbocycles. The highest BCUT2D eigenvalue weighted by Crippen LogP contribution is 2.32. The first-order valence-corrected chi connectivity index (χ1v) is 12.0. The normalized spacial score (nSPS) is 23.4. The molecular formula is C17H27N5OS2. The van der Waals surface area contributed by atoms with Crippen LogP contribution in [0.2, 0.25) is 0 Å². The monoisotopic (exact) mass is 381 g/mol. The van der Waals surface area contributed by atoms with Crippen LogP contribution in [-0.4, -0.2) is 55.8 Å². The Balaban J connectivity index is 1.60. The van der Waals surface area contributed by atoms with Crippen LogP contribution in [0, 0.1) is 10.7 Å². The number of H-pyrrole nitrogens is 1. The number of thioether (sulfide) groups is 1. The maximum Gasteiger partial charge on any atom is 0.142 e. The molecule has 3 rings (SSSR count). The molecule has 1 aliphatic rings. The highest BCUT2D eigenvalue weighted by molar-refractivity contribution is 8.00. The first-order valence-electron chi connectivity index (χ1n) is 8.74. The van der Waals surface area contributed by atoms with Crippen LogP contribution in [0.5, 0.6) is 0 Å². The van der Waals surface area contributed by atoms with Crippen molar-refractivity contribution in [2.45, 2.75) is 31.7 Å². The Kier molecular flexibility index (Phi) is 5.89. The molecule has 1 aliphatic carbocycles. The van der Waals surface area contributed by atoms with Crippen LogP contribution in [0.3, 0.4) is 0 Å². The maximum atomic E-state index is 12.4. The molecule has 25 heavy (non-hydrogen) atoms. The lowest BCUT2D eigenvalue weighted by Crippen LogP contribution is -2.37. The molecule has 0 bridgehead atoms. The molecule has 0 aliphatic heterocycles. The van der Waals surface area contributed by atoms with Gasteiger partial charge in [-0.15, -0.1) is 0 Å². The van der Waals surface area contributed by atoms with Crippen molar-refractivity contribution in [3.63, 3.8) is 0 Å². The molecule has 6 nitrogen and oxygen atoms in total. The van der Waals surface area contributed by atoms with E-state index in [2.05, 4.69) is 26.9 Å². The molecule has 0 spiro atoms. The van der Waals surface area contributed by atoms with Gasteiger partial charge in [-0.25, -0.2) is 14.2 Å². The van der Waals surface area contributed by atoms with Gasteiger partial charge in [0.05, 0.1) is 5.39 Å². The highest BCUT2D eigenvalue weighted by atomic mass is 32.2. The molecule has 2 heterocycles. The molecule has 1 saturated carbocycles. The first-order chi connectivity index (χ1) is 12.0. The van der Waals surface area contributed by atoms with Gasteiger partial charge in [-0.05, 0) is 43.9 Å². The molecule has 0 amide bonds. The highest BCUT2D eigenvalue weighted by Gasteiger charge is 2.27. The number of aromatic nitrogens is 3. The van der Waals surface area contributed by atoms with Crippen molar-refractivity contribution in [3.8, 4) is 0 Å². The summed E-state index contributed by atoms with van der Waals surface area (Å²) >= 11 is 1.67. The minimum atomic E-state index is -2.41. The van der Waals surface area contributed by atoms with Gasteiger partial charge in [0.1, 0.15) is 17.8 Å². The fraction of sp³-hybridized carbons (Fsp3) is 0.647. The molecule has 2 aromatic heterocycles. The summed E-state index contributed by atoms with van der Waals surface area (Å²) in [6, 6.07) is 2.46. The van der Waals surface area contributed by atoms with Crippen LogP contribution >= 0.6 is 11.8 Å². The summed E-state index contributed by atoms with van der Waals surface area (Å²) in [6.07, 6.45) is 9.73. The number of rotatable bonds is 7. The Hall–Kier alpha value is -1.28. The molecule has 0 radical (unpaired) electrons. The second-order valence-electron chi connectivity index (χ2n) is 6.90. The van der Waals surface area contributed by atoms with Crippen LogP contribution in [0.25, 0.3) is 11.0 Å². The molecule has 0 unspecified atom stereocenters. The Morgan fingerprint density at radius 1 is 1.36 bits per heavy atom. The fourth-order valence-electron chi connectivity index (χ4n) is 3.69. The Bertz CT molecular complexity index is 796. The van der Waals surface area contributed by atoms with Crippen molar-refractivity contribution in [2.24, 2.45) is 5.92 Å². The maximum absolute atomic E-state index is 12.4. The average Bonchev–Trinajstić information content (AvgIpc) is 3.08. The number of hydrogen-bond donors (Lipinski definition) is 2. The lowest BCUT2D eigenvalue weighted by Gasteiger charge is -2.35. The minimum absolute atomic E-state index is 0.425. The lowest BCUT2D eigenvalue weighted by molar-refractivity contribution is 0.342. The van der Waals surface area contributed by atoms with Crippen LogP contribution in [-0.2, 0) is 9.73 Å². The molecular weight excluding hydrogens is 354 g/mol. The van der Waals surface area contributed by atoms with E-state index in [0.717, 1.165) is 48.3 Å². The third-order valence-corrected chi connectivity index (χ3v) is 7.90. The zero-order valence-corrected chi connectivity index (χ0v) is 16.5. The second kappa shape index (κ2) is 7.95. The van der Waals surface area contributed by atoms with Gasteiger partial charge in [0.25, 0.3) is 0 Å². The molecule has 1 atom stereocenters. The molecule has 1 fully saturated rings. The van der Waals surface area contributed by atoms with Gasteiger partial charge in [-0.1, -0.05) is 0 Å². The van der Waals surface area contributed by atoms with E-state index in [9.17, 15) is 4.21 Å². The number of aromatic amines is 1. The summed E-state index contributed by atoms with van der Waals surface area (Å²) in [5, 5.41) is 1.05. The predicted octanol–water partition coefficient (Wildman–Crippen LogP) is 3.36. The average molecular weight is 382 g/mol. The number of fused-ring (bicyclic) bond motifs is 1. The van der Waals surface area contributed by atoms with E-state index in [0.29, 0.717) is 23.5 Å². The van der Waals surface area contributed by atoms with E-state index in [-0.39, 0.29) is 0 Å². The minimum Gasteiger partial charge on any atom is -0.356 e. The van der Waals surface area contributed by atoms with E-state index in [1.165, 1.54) is 0 Å². The SMILES string of the molecule is CSCC[S@](=N)(=O)C[C@H]1CC[C@@H](N(C)c2ncnc3[nH]ccc23)CC1. The Morgan fingerprint density at radius 2 is 2.12 bits per heavy atom.